The number of nitrogens with one attached hydrogen (secondary N) is 1. The van der Waals surface area contributed by atoms with Crippen LogP contribution in [0.5, 0.6) is 5.75 Å². The first kappa shape index (κ1) is 20.1. The molecule has 0 saturated carbocycles. The second-order valence-corrected chi connectivity index (χ2v) is 8.54. The Balaban J connectivity index is 1.45. The van der Waals surface area contributed by atoms with Crippen LogP contribution in [0.3, 0.4) is 0 Å². The van der Waals surface area contributed by atoms with E-state index < -0.39 is 0 Å². The molecular formula is C24H20N2O2S2. The highest BCUT2D eigenvalue weighted by Gasteiger charge is 2.08. The number of anilines is 1. The van der Waals surface area contributed by atoms with E-state index in [9.17, 15) is 4.79 Å². The fourth-order valence-electron chi connectivity index (χ4n) is 2.95. The summed E-state index contributed by atoms with van der Waals surface area (Å²) in [5.74, 6) is 0.523. The summed E-state index contributed by atoms with van der Waals surface area (Å²) in [7, 11) is 0. The highest BCUT2D eigenvalue weighted by atomic mass is 32.1. The molecule has 0 fully saturated rings. The third-order valence-electron chi connectivity index (χ3n) is 4.35. The average molecular weight is 433 g/mol. The van der Waals surface area contributed by atoms with Crippen LogP contribution in [0.15, 0.2) is 77.5 Å². The molecule has 4 rings (SSSR count). The summed E-state index contributed by atoms with van der Waals surface area (Å²) >= 11 is 3.25. The van der Waals surface area contributed by atoms with Crippen molar-refractivity contribution in [2.75, 3.05) is 5.32 Å². The molecule has 0 spiro atoms. The SMILES string of the molecule is Cc1nc(COc2ccccc2/C=C/C(=O)Nc2ccccc2-c2cccs2)cs1. The van der Waals surface area contributed by atoms with Crippen LogP contribution in [0.2, 0.25) is 0 Å². The Morgan fingerprint density at radius 1 is 1.07 bits per heavy atom. The maximum Gasteiger partial charge on any atom is 0.248 e. The van der Waals surface area contributed by atoms with Crippen molar-refractivity contribution >= 4 is 40.3 Å². The number of rotatable bonds is 7. The number of benzene rings is 2. The number of thiophene rings is 1. The molecule has 4 aromatic rings. The largest absolute Gasteiger partial charge is 0.487 e. The summed E-state index contributed by atoms with van der Waals surface area (Å²) in [4.78, 5) is 18.1. The van der Waals surface area contributed by atoms with Gasteiger partial charge in [-0.15, -0.1) is 22.7 Å². The highest BCUT2D eigenvalue weighted by Crippen LogP contribution is 2.31. The Morgan fingerprint density at radius 3 is 2.70 bits per heavy atom. The molecule has 0 atom stereocenters. The normalized spacial score (nSPS) is 11.0. The lowest BCUT2D eigenvalue weighted by atomic mass is 10.1. The fraction of sp³-hybridized carbons (Fsp3) is 0.0833. The average Bonchev–Trinajstić information content (AvgIpc) is 3.44. The number of hydrogen-bond donors (Lipinski definition) is 1. The van der Waals surface area contributed by atoms with Crippen LogP contribution in [0, 0.1) is 6.92 Å². The van der Waals surface area contributed by atoms with Crippen molar-refractivity contribution in [2.24, 2.45) is 0 Å². The maximum atomic E-state index is 12.6. The lowest BCUT2D eigenvalue weighted by Crippen LogP contribution is -2.08. The van der Waals surface area contributed by atoms with Crippen LogP contribution in [-0.4, -0.2) is 10.9 Å². The molecule has 2 aromatic heterocycles. The number of aryl methyl sites for hydroxylation is 1. The Bertz CT molecular complexity index is 1160. The maximum absolute atomic E-state index is 12.6. The number of carbonyl (C=O) groups excluding carboxylic acids is 1. The zero-order chi connectivity index (χ0) is 20.8. The highest BCUT2D eigenvalue weighted by molar-refractivity contribution is 7.13. The number of thiazole rings is 1. The quantitative estimate of drug-likeness (QED) is 0.343. The van der Waals surface area contributed by atoms with Crippen LogP contribution >= 0.6 is 22.7 Å². The Morgan fingerprint density at radius 2 is 1.90 bits per heavy atom. The molecule has 0 bridgehead atoms. The number of nitrogens with zero attached hydrogens (tertiary/aromatic N) is 1. The molecule has 6 heteroatoms. The zero-order valence-electron chi connectivity index (χ0n) is 16.4. The second kappa shape index (κ2) is 9.52. The van der Waals surface area contributed by atoms with Crippen molar-refractivity contribution in [2.45, 2.75) is 13.5 Å². The summed E-state index contributed by atoms with van der Waals surface area (Å²) in [6, 6.07) is 19.5. The van der Waals surface area contributed by atoms with Crippen molar-refractivity contribution < 1.29 is 9.53 Å². The molecule has 1 amide bonds. The summed E-state index contributed by atoms with van der Waals surface area (Å²) < 4.78 is 5.92. The predicted molar refractivity (Wildman–Crippen MR) is 125 cm³/mol. The van der Waals surface area contributed by atoms with E-state index in [1.54, 1.807) is 28.7 Å². The van der Waals surface area contributed by atoms with E-state index in [1.807, 2.05) is 78.3 Å². The molecule has 0 aliphatic carbocycles. The smallest absolute Gasteiger partial charge is 0.248 e. The van der Waals surface area contributed by atoms with E-state index in [-0.39, 0.29) is 5.91 Å². The number of para-hydroxylation sites is 2. The van der Waals surface area contributed by atoms with E-state index in [2.05, 4.69) is 10.3 Å². The molecule has 0 radical (unpaired) electrons. The first-order chi connectivity index (χ1) is 14.7. The van der Waals surface area contributed by atoms with Gasteiger partial charge in [-0.25, -0.2) is 4.98 Å². The lowest BCUT2D eigenvalue weighted by molar-refractivity contribution is -0.111. The minimum Gasteiger partial charge on any atom is -0.487 e. The van der Waals surface area contributed by atoms with Crippen LogP contribution in [0.25, 0.3) is 16.5 Å². The van der Waals surface area contributed by atoms with Gasteiger partial charge >= 0.3 is 0 Å². The third kappa shape index (κ3) is 5.03. The van der Waals surface area contributed by atoms with Gasteiger partial charge in [0.15, 0.2) is 0 Å². The minimum absolute atomic E-state index is 0.191. The van der Waals surface area contributed by atoms with Gasteiger partial charge in [-0.05, 0) is 36.6 Å². The van der Waals surface area contributed by atoms with Crippen LogP contribution in [-0.2, 0) is 11.4 Å². The molecule has 4 nitrogen and oxygen atoms in total. The standard InChI is InChI=1S/C24H20N2O2S2/c1-17-25-19(16-30-17)15-28-22-10-5-2-7-18(22)12-13-24(27)26-21-9-4-3-8-20(21)23-11-6-14-29-23/h2-14,16H,15H2,1H3,(H,26,27)/b13-12+. The number of aromatic nitrogens is 1. The molecular weight excluding hydrogens is 412 g/mol. The first-order valence-corrected chi connectivity index (χ1v) is 11.2. The van der Waals surface area contributed by atoms with Crippen LogP contribution < -0.4 is 10.1 Å². The summed E-state index contributed by atoms with van der Waals surface area (Å²) in [6.45, 7) is 2.37. The van der Waals surface area contributed by atoms with E-state index in [4.69, 9.17) is 4.74 Å². The van der Waals surface area contributed by atoms with E-state index in [0.717, 1.165) is 32.4 Å². The number of ether oxygens (including phenoxy) is 1. The van der Waals surface area contributed by atoms with Crippen molar-refractivity contribution in [1.82, 2.24) is 4.98 Å². The van der Waals surface area contributed by atoms with Gasteiger partial charge in [-0.2, -0.15) is 0 Å². The lowest BCUT2D eigenvalue weighted by Gasteiger charge is -2.09. The molecule has 2 heterocycles. The van der Waals surface area contributed by atoms with Crippen LogP contribution in [0.4, 0.5) is 5.69 Å². The number of amides is 1. The van der Waals surface area contributed by atoms with Crippen molar-refractivity contribution in [3.05, 3.63) is 93.8 Å². The minimum atomic E-state index is -0.191. The van der Waals surface area contributed by atoms with Gasteiger partial charge in [0.25, 0.3) is 0 Å². The van der Waals surface area contributed by atoms with Crippen molar-refractivity contribution in [3.8, 4) is 16.2 Å². The Kier molecular flexibility index (Phi) is 6.37. The molecule has 1 N–H and O–H groups in total. The zero-order valence-corrected chi connectivity index (χ0v) is 18.0. The van der Waals surface area contributed by atoms with Gasteiger partial charge in [-0.1, -0.05) is 42.5 Å². The van der Waals surface area contributed by atoms with Gasteiger partial charge in [0.05, 0.1) is 10.7 Å². The van der Waals surface area contributed by atoms with Gasteiger partial charge in [0.2, 0.25) is 5.91 Å². The molecule has 0 saturated heterocycles. The molecule has 0 unspecified atom stereocenters. The second-order valence-electron chi connectivity index (χ2n) is 6.53. The number of carbonyl (C=O) groups is 1. The van der Waals surface area contributed by atoms with E-state index in [1.165, 1.54) is 6.08 Å². The Labute approximate surface area is 183 Å². The summed E-state index contributed by atoms with van der Waals surface area (Å²) in [6.07, 6.45) is 3.30. The molecule has 0 aliphatic heterocycles. The van der Waals surface area contributed by atoms with E-state index >= 15 is 0 Å². The van der Waals surface area contributed by atoms with Gasteiger partial charge in [-0.3, -0.25) is 4.79 Å². The van der Waals surface area contributed by atoms with Crippen LogP contribution in [0.1, 0.15) is 16.3 Å². The topological polar surface area (TPSA) is 51.2 Å². The number of hydrogen-bond acceptors (Lipinski definition) is 5. The van der Waals surface area contributed by atoms with Crippen molar-refractivity contribution in [1.29, 1.82) is 0 Å². The van der Waals surface area contributed by atoms with Crippen molar-refractivity contribution in [3.63, 3.8) is 0 Å². The fourth-order valence-corrected chi connectivity index (χ4v) is 4.32. The summed E-state index contributed by atoms with van der Waals surface area (Å²) in [5, 5.41) is 8.01. The molecule has 30 heavy (non-hydrogen) atoms. The third-order valence-corrected chi connectivity index (χ3v) is 6.07. The summed E-state index contributed by atoms with van der Waals surface area (Å²) in [5.41, 5.74) is 3.54. The predicted octanol–water partition coefficient (Wildman–Crippen LogP) is 6.41. The molecule has 0 aliphatic rings. The Hall–Kier alpha value is -3.22. The molecule has 150 valence electrons. The van der Waals surface area contributed by atoms with Gasteiger partial charge < -0.3 is 10.1 Å². The van der Waals surface area contributed by atoms with Gasteiger partial charge in [0.1, 0.15) is 12.4 Å². The first-order valence-electron chi connectivity index (χ1n) is 9.44. The molecule has 2 aromatic carbocycles. The monoisotopic (exact) mass is 432 g/mol. The van der Waals surface area contributed by atoms with Gasteiger partial charge in [0, 0.05) is 33.1 Å². The van der Waals surface area contributed by atoms with E-state index in [0.29, 0.717) is 12.4 Å².